The van der Waals surface area contributed by atoms with Gasteiger partial charge in [0.05, 0.1) is 12.1 Å². The van der Waals surface area contributed by atoms with Gasteiger partial charge in [0.1, 0.15) is 17.5 Å². The molecule has 1 saturated heterocycles. The maximum atomic E-state index is 14.7. The van der Waals surface area contributed by atoms with Crippen molar-refractivity contribution in [2.45, 2.75) is 43.7 Å². The summed E-state index contributed by atoms with van der Waals surface area (Å²) < 4.78 is 29.9. The van der Waals surface area contributed by atoms with Gasteiger partial charge in [-0.15, -0.1) is 11.8 Å². The van der Waals surface area contributed by atoms with Gasteiger partial charge in [-0.05, 0) is 44.4 Å². The molecule has 1 fully saturated rings. The predicted octanol–water partition coefficient (Wildman–Crippen LogP) is 5.38. The van der Waals surface area contributed by atoms with Gasteiger partial charge in [-0.25, -0.2) is 18.4 Å². The van der Waals surface area contributed by atoms with Crippen LogP contribution in [0.15, 0.2) is 34.0 Å². The van der Waals surface area contributed by atoms with Crippen LogP contribution < -0.4 is 10.6 Å². The zero-order valence-electron chi connectivity index (χ0n) is 17.0. The molecule has 5 nitrogen and oxygen atoms in total. The quantitative estimate of drug-likeness (QED) is 0.504. The molecule has 2 aliphatic rings. The van der Waals surface area contributed by atoms with Gasteiger partial charge in [0.25, 0.3) is 0 Å². The van der Waals surface area contributed by atoms with Gasteiger partial charge in [-0.1, -0.05) is 0 Å². The number of halogens is 2. The number of aromatic nitrogens is 2. The SMILES string of the molecule is [C-]#[N+]c1cc2c(N3CCCC[C@@H]3C)nc(=O)n3c2c(c1-c1ccc(F)cc1F)SCC3. The fourth-order valence-electron chi connectivity index (χ4n) is 4.64. The highest BCUT2D eigenvalue weighted by atomic mass is 32.2. The van der Waals surface area contributed by atoms with Gasteiger partial charge >= 0.3 is 5.69 Å². The first-order chi connectivity index (χ1) is 15.0. The van der Waals surface area contributed by atoms with Crippen LogP contribution in [0.5, 0.6) is 0 Å². The summed E-state index contributed by atoms with van der Waals surface area (Å²) in [5.74, 6) is -0.182. The molecule has 0 spiro atoms. The van der Waals surface area contributed by atoms with E-state index in [0.717, 1.165) is 37.3 Å². The Labute approximate surface area is 182 Å². The number of hydrogen-bond acceptors (Lipinski definition) is 4. The highest BCUT2D eigenvalue weighted by molar-refractivity contribution is 7.99. The van der Waals surface area contributed by atoms with E-state index in [0.29, 0.717) is 34.1 Å². The van der Waals surface area contributed by atoms with E-state index in [1.165, 1.54) is 23.9 Å². The van der Waals surface area contributed by atoms with E-state index in [4.69, 9.17) is 6.57 Å². The van der Waals surface area contributed by atoms with E-state index in [2.05, 4.69) is 21.7 Å². The molecule has 0 bridgehead atoms. The molecule has 0 radical (unpaired) electrons. The van der Waals surface area contributed by atoms with Crippen molar-refractivity contribution in [1.29, 1.82) is 0 Å². The van der Waals surface area contributed by atoms with Crippen LogP contribution in [0.3, 0.4) is 0 Å². The highest BCUT2D eigenvalue weighted by Gasteiger charge is 2.29. The number of anilines is 1. The summed E-state index contributed by atoms with van der Waals surface area (Å²) in [5, 5.41) is 0.743. The minimum absolute atomic E-state index is 0.169. The molecule has 31 heavy (non-hydrogen) atoms. The number of nitrogens with zero attached hydrogens (tertiary/aromatic N) is 4. The van der Waals surface area contributed by atoms with Crippen LogP contribution in [-0.4, -0.2) is 27.9 Å². The molecule has 2 aliphatic heterocycles. The van der Waals surface area contributed by atoms with Crippen LogP contribution in [0.1, 0.15) is 26.2 Å². The summed E-state index contributed by atoms with van der Waals surface area (Å²) in [4.78, 5) is 23.9. The maximum Gasteiger partial charge on any atom is 0.350 e. The molecule has 2 aromatic carbocycles. The Bertz CT molecular complexity index is 1310. The first-order valence-electron chi connectivity index (χ1n) is 10.3. The van der Waals surface area contributed by atoms with E-state index in [9.17, 15) is 13.6 Å². The molecule has 158 valence electrons. The highest BCUT2D eigenvalue weighted by Crippen LogP contribution is 2.47. The Hall–Kier alpha value is -2.92. The third kappa shape index (κ3) is 3.19. The van der Waals surface area contributed by atoms with Gasteiger partial charge in [-0.2, -0.15) is 4.98 Å². The second-order valence-electron chi connectivity index (χ2n) is 7.99. The van der Waals surface area contributed by atoms with Gasteiger partial charge in [0.15, 0.2) is 5.69 Å². The van der Waals surface area contributed by atoms with Crippen molar-refractivity contribution in [3.63, 3.8) is 0 Å². The Morgan fingerprint density at radius 1 is 1.23 bits per heavy atom. The molecule has 0 amide bonds. The summed E-state index contributed by atoms with van der Waals surface area (Å²) in [6, 6.07) is 5.34. The molecule has 5 rings (SSSR count). The molecule has 0 unspecified atom stereocenters. The lowest BCUT2D eigenvalue weighted by Crippen LogP contribution is -2.40. The smallest absolute Gasteiger partial charge is 0.350 e. The zero-order valence-corrected chi connectivity index (χ0v) is 17.8. The third-order valence-electron chi connectivity index (χ3n) is 6.13. The van der Waals surface area contributed by atoms with E-state index >= 15 is 0 Å². The lowest BCUT2D eigenvalue weighted by molar-refractivity contribution is 0.481. The van der Waals surface area contributed by atoms with Crippen molar-refractivity contribution >= 4 is 34.2 Å². The Balaban J connectivity index is 1.87. The van der Waals surface area contributed by atoms with Gasteiger partial charge < -0.3 is 4.90 Å². The van der Waals surface area contributed by atoms with Crippen LogP contribution in [-0.2, 0) is 6.54 Å². The van der Waals surface area contributed by atoms with Gasteiger partial charge in [-0.3, -0.25) is 4.57 Å². The summed E-state index contributed by atoms with van der Waals surface area (Å²) in [5.41, 5.74) is 1.22. The number of hydrogen-bond donors (Lipinski definition) is 0. The van der Waals surface area contributed by atoms with Crippen molar-refractivity contribution in [1.82, 2.24) is 9.55 Å². The first kappa shape index (κ1) is 20.0. The molecule has 8 heteroatoms. The summed E-state index contributed by atoms with van der Waals surface area (Å²) >= 11 is 1.50. The molecular weight excluding hydrogens is 418 g/mol. The van der Waals surface area contributed by atoms with E-state index in [-0.39, 0.29) is 23.0 Å². The molecule has 0 saturated carbocycles. The molecule has 3 heterocycles. The maximum absolute atomic E-state index is 14.7. The predicted molar refractivity (Wildman–Crippen MR) is 119 cm³/mol. The van der Waals surface area contributed by atoms with Crippen molar-refractivity contribution in [3.05, 3.63) is 57.8 Å². The Morgan fingerprint density at radius 3 is 2.81 bits per heavy atom. The van der Waals surface area contributed by atoms with Crippen molar-refractivity contribution in [2.75, 3.05) is 17.2 Å². The Kier molecular flexibility index (Phi) is 4.94. The average Bonchev–Trinajstić information content (AvgIpc) is 2.76. The zero-order chi connectivity index (χ0) is 21.7. The van der Waals surface area contributed by atoms with E-state index < -0.39 is 11.6 Å². The van der Waals surface area contributed by atoms with Crippen LogP contribution >= 0.6 is 11.8 Å². The first-order valence-corrected chi connectivity index (χ1v) is 11.3. The Morgan fingerprint density at radius 2 is 2.06 bits per heavy atom. The second kappa shape index (κ2) is 7.65. The summed E-state index contributed by atoms with van der Waals surface area (Å²) in [7, 11) is 0. The third-order valence-corrected chi connectivity index (χ3v) is 7.21. The lowest BCUT2D eigenvalue weighted by Gasteiger charge is -2.36. The molecule has 1 atom stereocenters. The molecule has 0 N–H and O–H groups in total. The summed E-state index contributed by atoms with van der Waals surface area (Å²) in [6.45, 7) is 11.2. The van der Waals surface area contributed by atoms with Crippen molar-refractivity contribution in [3.8, 4) is 11.1 Å². The minimum Gasteiger partial charge on any atom is -0.353 e. The van der Waals surface area contributed by atoms with Gasteiger partial charge in [0.2, 0.25) is 0 Å². The number of thioether (sulfide) groups is 1. The lowest BCUT2D eigenvalue weighted by atomic mass is 9.99. The number of aryl methyl sites for hydroxylation is 1. The fourth-order valence-corrected chi connectivity index (χ4v) is 5.83. The fraction of sp³-hybridized carbons (Fsp3) is 0.348. The van der Waals surface area contributed by atoms with Crippen LogP contribution in [0.2, 0.25) is 0 Å². The topological polar surface area (TPSA) is 42.5 Å². The number of benzene rings is 2. The monoisotopic (exact) mass is 438 g/mol. The molecular formula is C23H20F2N4OS. The van der Waals surface area contributed by atoms with Crippen molar-refractivity contribution in [2.24, 2.45) is 0 Å². The summed E-state index contributed by atoms with van der Waals surface area (Å²) in [6.07, 6.45) is 3.17. The molecule has 1 aromatic heterocycles. The normalized spacial score (nSPS) is 18.3. The standard InChI is InChI=1S/C23H20F2N4OS/c1-13-5-3-4-8-28(13)22-16-12-18(26-2)19(15-7-6-14(24)11-17(15)25)21-20(16)29(9-10-31-21)23(30)27-22/h6-7,11-13H,3-5,8-10H2,1H3/t13-/m0/s1. The largest absolute Gasteiger partial charge is 0.353 e. The average molecular weight is 439 g/mol. The van der Waals surface area contributed by atoms with Gasteiger partial charge in [0, 0.05) is 52.4 Å². The molecule has 3 aromatic rings. The van der Waals surface area contributed by atoms with Crippen LogP contribution in [0, 0.1) is 18.2 Å². The number of rotatable bonds is 2. The van der Waals surface area contributed by atoms with E-state index in [1.54, 1.807) is 10.6 Å². The van der Waals surface area contributed by atoms with E-state index in [1.807, 2.05) is 0 Å². The number of piperidine rings is 1. The van der Waals surface area contributed by atoms with Crippen LogP contribution in [0.4, 0.5) is 20.3 Å². The van der Waals surface area contributed by atoms with Crippen LogP contribution in [0.25, 0.3) is 26.9 Å². The molecule has 0 aliphatic carbocycles. The second-order valence-corrected chi connectivity index (χ2v) is 9.09. The minimum atomic E-state index is -0.723. The van der Waals surface area contributed by atoms with Crippen molar-refractivity contribution < 1.29 is 8.78 Å².